The van der Waals surface area contributed by atoms with Gasteiger partial charge in [-0.1, -0.05) is 12.1 Å². The van der Waals surface area contributed by atoms with E-state index in [0.717, 1.165) is 31.6 Å². The lowest BCUT2D eigenvalue weighted by Gasteiger charge is -2.32. The maximum atomic E-state index is 13.6. The lowest BCUT2D eigenvalue weighted by molar-refractivity contribution is 0.405. The van der Waals surface area contributed by atoms with Gasteiger partial charge in [-0.3, -0.25) is 0 Å². The van der Waals surface area contributed by atoms with Gasteiger partial charge < -0.3 is 10.2 Å². The molecule has 1 saturated heterocycles. The molecule has 2 aromatic carbocycles. The van der Waals surface area contributed by atoms with E-state index >= 15 is 0 Å². The molecule has 0 unspecified atom stereocenters. The second-order valence-electron chi connectivity index (χ2n) is 6.69. The quantitative estimate of drug-likeness (QED) is 0.868. The first-order valence-corrected chi connectivity index (χ1v) is 8.21. The van der Waals surface area contributed by atoms with Crippen LogP contribution in [0.15, 0.2) is 36.4 Å². The largest absolute Gasteiger partial charge is 0.367 e. The Labute approximate surface area is 130 Å². The molecule has 0 amide bonds. The van der Waals surface area contributed by atoms with Gasteiger partial charge in [0, 0.05) is 30.7 Å². The molecule has 1 fully saturated rings. The number of hydrogen-bond donors (Lipinski definition) is 1. The van der Waals surface area contributed by atoms with Gasteiger partial charge in [-0.15, -0.1) is 0 Å². The van der Waals surface area contributed by atoms with Crippen molar-refractivity contribution in [3.8, 4) is 11.1 Å². The highest BCUT2D eigenvalue weighted by atomic mass is 19.1. The number of fused-ring (bicyclic) bond motifs is 3. The molecule has 22 heavy (non-hydrogen) atoms. The molecule has 0 aromatic heterocycles. The van der Waals surface area contributed by atoms with Crippen LogP contribution in [0.1, 0.15) is 23.5 Å². The van der Waals surface area contributed by atoms with Crippen molar-refractivity contribution in [1.29, 1.82) is 0 Å². The summed E-state index contributed by atoms with van der Waals surface area (Å²) < 4.78 is 13.6. The van der Waals surface area contributed by atoms with E-state index in [0.29, 0.717) is 12.0 Å². The van der Waals surface area contributed by atoms with Gasteiger partial charge in [-0.2, -0.15) is 0 Å². The number of halogens is 1. The van der Waals surface area contributed by atoms with Crippen LogP contribution in [0.3, 0.4) is 0 Å². The van der Waals surface area contributed by atoms with Crippen molar-refractivity contribution in [3.63, 3.8) is 0 Å². The summed E-state index contributed by atoms with van der Waals surface area (Å²) in [4.78, 5) is 2.63. The summed E-state index contributed by atoms with van der Waals surface area (Å²) in [5.41, 5.74) is 6.57. The van der Waals surface area contributed by atoms with E-state index in [2.05, 4.69) is 22.3 Å². The molecule has 2 aromatic rings. The van der Waals surface area contributed by atoms with Crippen LogP contribution in [0, 0.1) is 5.82 Å². The molecule has 1 N–H and O–H groups in total. The maximum absolute atomic E-state index is 13.6. The molecule has 0 spiro atoms. The molecule has 0 saturated carbocycles. The first-order chi connectivity index (χ1) is 10.8. The third-order valence-corrected chi connectivity index (χ3v) is 5.53. The van der Waals surface area contributed by atoms with E-state index in [1.54, 1.807) is 12.1 Å². The topological polar surface area (TPSA) is 15.3 Å². The van der Waals surface area contributed by atoms with E-state index in [9.17, 15) is 4.39 Å². The number of benzene rings is 2. The summed E-state index contributed by atoms with van der Waals surface area (Å²) in [6.07, 6.45) is 2.36. The Morgan fingerprint density at radius 3 is 3.00 bits per heavy atom. The minimum absolute atomic E-state index is 0.159. The fourth-order valence-electron chi connectivity index (χ4n) is 4.60. The molecule has 5 rings (SSSR count). The number of rotatable bonds is 1. The van der Waals surface area contributed by atoms with Crippen molar-refractivity contribution in [2.24, 2.45) is 0 Å². The average molecular weight is 294 g/mol. The Bertz CT molecular complexity index is 755. The minimum atomic E-state index is -0.159. The van der Waals surface area contributed by atoms with Crippen molar-refractivity contribution in [2.45, 2.75) is 24.8 Å². The zero-order valence-electron chi connectivity index (χ0n) is 12.5. The molecule has 0 radical (unpaired) electrons. The van der Waals surface area contributed by atoms with Gasteiger partial charge in [0.05, 0.1) is 0 Å². The first-order valence-electron chi connectivity index (χ1n) is 8.21. The predicted octanol–water partition coefficient (Wildman–Crippen LogP) is 3.31. The highest BCUT2D eigenvalue weighted by Crippen LogP contribution is 2.49. The normalized spacial score (nSPS) is 25.2. The van der Waals surface area contributed by atoms with Crippen LogP contribution < -0.4 is 10.2 Å². The van der Waals surface area contributed by atoms with E-state index in [1.165, 1.54) is 34.9 Å². The standard InChI is InChI=1S/C19H19FN2/c20-15-3-1-2-12(9-15)14-8-13-5-7-22-18-4-6-21-11-17(18)16(10-14)19(13)22/h1-3,8-10,17-18,21H,4-7,11H2/t17-,18-/m0/s1. The Morgan fingerprint density at radius 1 is 1.14 bits per heavy atom. The Hall–Kier alpha value is -1.87. The molecular formula is C19H19FN2. The molecule has 3 heterocycles. The van der Waals surface area contributed by atoms with Crippen LogP contribution in [-0.4, -0.2) is 25.7 Å². The molecule has 2 atom stereocenters. The summed E-state index contributed by atoms with van der Waals surface area (Å²) in [5.74, 6) is 0.435. The second-order valence-corrected chi connectivity index (χ2v) is 6.69. The maximum Gasteiger partial charge on any atom is 0.123 e. The number of nitrogens with one attached hydrogen (secondary N) is 1. The summed E-state index contributed by atoms with van der Waals surface area (Å²) in [6, 6.07) is 12.2. The fraction of sp³-hybridized carbons (Fsp3) is 0.368. The number of piperidine rings is 1. The third kappa shape index (κ3) is 1.69. The molecule has 0 aliphatic carbocycles. The van der Waals surface area contributed by atoms with Gasteiger partial charge >= 0.3 is 0 Å². The smallest absolute Gasteiger partial charge is 0.123 e. The summed E-state index contributed by atoms with van der Waals surface area (Å²) >= 11 is 0. The van der Waals surface area contributed by atoms with Gasteiger partial charge in [0.2, 0.25) is 0 Å². The molecule has 3 aliphatic heterocycles. The molecule has 2 nitrogen and oxygen atoms in total. The Kier molecular flexibility index (Phi) is 2.62. The highest BCUT2D eigenvalue weighted by Gasteiger charge is 2.43. The summed E-state index contributed by atoms with van der Waals surface area (Å²) in [6.45, 7) is 3.34. The summed E-state index contributed by atoms with van der Waals surface area (Å²) in [7, 11) is 0. The average Bonchev–Trinajstić information content (AvgIpc) is 3.11. The SMILES string of the molecule is Fc1cccc(-c2cc3c4c(c2)[C@@H]2CNCC[C@@H]2N4CC3)c1. The van der Waals surface area contributed by atoms with Crippen LogP contribution in [0.4, 0.5) is 10.1 Å². The van der Waals surface area contributed by atoms with E-state index in [4.69, 9.17) is 0 Å². The van der Waals surface area contributed by atoms with E-state index < -0.39 is 0 Å². The van der Waals surface area contributed by atoms with Crippen LogP contribution in [0.25, 0.3) is 11.1 Å². The van der Waals surface area contributed by atoms with Crippen LogP contribution in [0.5, 0.6) is 0 Å². The lowest BCUT2D eigenvalue weighted by Crippen LogP contribution is -2.43. The monoisotopic (exact) mass is 294 g/mol. The highest BCUT2D eigenvalue weighted by molar-refractivity contribution is 5.77. The fourth-order valence-corrected chi connectivity index (χ4v) is 4.60. The molecule has 0 bridgehead atoms. The zero-order chi connectivity index (χ0) is 14.7. The Morgan fingerprint density at radius 2 is 2.09 bits per heavy atom. The van der Waals surface area contributed by atoms with Gasteiger partial charge in [0.1, 0.15) is 5.82 Å². The second kappa shape index (κ2) is 4.56. The van der Waals surface area contributed by atoms with Crippen LogP contribution in [-0.2, 0) is 6.42 Å². The molecular weight excluding hydrogens is 275 g/mol. The van der Waals surface area contributed by atoms with E-state index in [-0.39, 0.29) is 5.82 Å². The van der Waals surface area contributed by atoms with Crippen molar-refractivity contribution in [1.82, 2.24) is 5.32 Å². The van der Waals surface area contributed by atoms with Crippen molar-refractivity contribution >= 4 is 5.69 Å². The van der Waals surface area contributed by atoms with Gasteiger partial charge in [-0.05, 0) is 65.9 Å². The minimum Gasteiger partial charge on any atom is -0.367 e. The number of hydrogen-bond acceptors (Lipinski definition) is 2. The Balaban J connectivity index is 1.67. The lowest BCUT2D eigenvalue weighted by atomic mass is 9.87. The predicted molar refractivity (Wildman–Crippen MR) is 86.9 cm³/mol. The zero-order valence-corrected chi connectivity index (χ0v) is 12.5. The molecule has 3 aliphatic rings. The van der Waals surface area contributed by atoms with Gasteiger partial charge in [0.25, 0.3) is 0 Å². The summed E-state index contributed by atoms with van der Waals surface area (Å²) in [5, 5.41) is 3.54. The van der Waals surface area contributed by atoms with E-state index in [1.807, 2.05) is 6.07 Å². The van der Waals surface area contributed by atoms with Crippen molar-refractivity contribution < 1.29 is 4.39 Å². The van der Waals surface area contributed by atoms with Crippen LogP contribution >= 0.6 is 0 Å². The number of nitrogens with zero attached hydrogens (tertiary/aromatic N) is 1. The van der Waals surface area contributed by atoms with Crippen molar-refractivity contribution in [3.05, 3.63) is 53.3 Å². The first kappa shape index (κ1) is 12.7. The van der Waals surface area contributed by atoms with Crippen molar-refractivity contribution in [2.75, 3.05) is 24.5 Å². The van der Waals surface area contributed by atoms with Gasteiger partial charge in [0.15, 0.2) is 0 Å². The van der Waals surface area contributed by atoms with Gasteiger partial charge in [-0.25, -0.2) is 4.39 Å². The third-order valence-electron chi connectivity index (χ3n) is 5.53. The molecule has 3 heteroatoms. The van der Waals surface area contributed by atoms with Crippen LogP contribution in [0.2, 0.25) is 0 Å². The number of anilines is 1. The molecule has 112 valence electrons.